The molecule has 30 heavy (non-hydrogen) atoms. The summed E-state index contributed by atoms with van der Waals surface area (Å²) in [5, 5.41) is 3.65. The molecule has 1 aromatic heterocycles. The fourth-order valence-electron chi connectivity index (χ4n) is 2.44. The minimum Gasteiger partial charge on any atom is -0.457 e. The Bertz CT molecular complexity index is 1180. The molecule has 0 saturated heterocycles. The summed E-state index contributed by atoms with van der Waals surface area (Å²) in [6.07, 6.45) is 1.37. The van der Waals surface area contributed by atoms with Crippen molar-refractivity contribution >= 4 is 34.9 Å². The van der Waals surface area contributed by atoms with Gasteiger partial charge < -0.3 is 20.7 Å². The van der Waals surface area contributed by atoms with Crippen LogP contribution in [-0.4, -0.2) is 24.0 Å². The quantitative estimate of drug-likeness (QED) is 0.532. The highest BCUT2D eigenvalue weighted by atomic mass is 35.5. The van der Waals surface area contributed by atoms with Gasteiger partial charge in [-0.1, -0.05) is 11.6 Å². The first-order chi connectivity index (χ1) is 15.2. The van der Waals surface area contributed by atoms with E-state index in [-0.39, 0.29) is 33.9 Å². The molecule has 9 heteroatoms. The van der Waals surface area contributed by atoms with Crippen molar-refractivity contribution in [1.82, 2.24) is 10.3 Å². The molecule has 0 aliphatic rings. The Balaban J connectivity index is 1.77. The predicted octanol–water partition coefficient (Wildman–Crippen LogP) is 4.98. The molecule has 0 bridgehead atoms. The minimum atomic E-state index is -1.09. The Hall–Kier alpha value is -3.65. The van der Waals surface area contributed by atoms with Crippen LogP contribution in [0.25, 0.3) is 0 Å². The van der Waals surface area contributed by atoms with Crippen LogP contribution in [0.3, 0.4) is 0 Å². The number of anilines is 2. The van der Waals surface area contributed by atoms with Crippen LogP contribution in [0.4, 0.5) is 20.6 Å². The Labute approximate surface area is 180 Å². The fourth-order valence-corrected chi connectivity index (χ4v) is 2.56. The first-order valence-electron chi connectivity index (χ1n) is 9.64. The second-order valence-corrected chi connectivity index (χ2v) is 6.52. The molecule has 2 aromatic carbocycles. The third kappa shape index (κ3) is 5.24. The lowest BCUT2D eigenvalue weighted by Crippen LogP contribution is -2.20. The third-order valence-electron chi connectivity index (χ3n) is 3.93. The van der Waals surface area contributed by atoms with Gasteiger partial charge in [0, 0.05) is 36.1 Å². The molecular weight excluding hydrogens is 411 g/mol. The second-order valence-electron chi connectivity index (χ2n) is 6.11. The van der Waals surface area contributed by atoms with Gasteiger partial charge in [0.05, 0.1) is 5.69 Å². The smallest absolute Gasteiger partial charge is 0.323 e. The van der Waals surface area contributed by atoms with Crippen molar-refractivity contribution in [2.45, 2.75) is 6.92 Å². The van der Waals surface area contributed by atoms with Crippen LogP contribution in [0.1, 0.15) is 16.1 Å². The number of rotatable bonds is 5. The number of nitrogens with zero attached hydrogens (tertiary/aromatic N) is 1. The van der Waals surface area contributed by atoms with Gasteiger partial charge in [0.2, 0.25) is 0 Å². The van der Waals surface area contributed by atoms with E-state index in [0.29, 0.717) is 15.9 Å². The van der Waals surface area contributed by atoms with E-state index in [1.54, 1.807) is 6.92 Å². The normalized spacial score (nSPS) is 11.2. The molecule has 1 heterocycles. The maximum Gasteiger partial charge on any atom is 0.323 e. The summed E-state index contributed by atoms with van der Waals surface area (Å²) in [6, 6.07) is 9.79. The van der Waals surface area contributed by atoms with Gasteiger partial charge in [-0.25, -0.2) is 9.18 Å². The molecule has 0 aliphatic heterocycles. The fraction of sp³-hybridized carbons (Fsp3) is 0.0952. The highest BCUT2D eigenvalue weighted by Gasteiger charge is 2.11. The van der Waals surface area contributed by atoms with Gasteiger partial charge in [0.25, 0.3) is 5.91 Å². The van der Waals surface area contributed by atoms with E-state index in [0.717, 1.165) is 6.07 Å². The molecule has 154 valence electrons. The van der Waals surface area contributed by atoms with E-state index in [9.17, 15) is 14.0 Å². The Morgan fingerprint density at radius 3 is 2.57 bits per heavy atom. The van der Waals surface area contributed by atoms with Crippen LogP contribution >= 0.6 is 11.6 Å². The number of amides is 3. The zero-order chi connectivity index (χ0) is 23.4. The lowest BCUT2D eigenvalue weighted by Gasteiger charge is -2.11. The van der Waals surface area contributed by atoms with Crippen LogP contribution in [-0.2, 0) is 0 Å². The first kappa shape index (κ1) is 18.4. The molecule has 0 unspecified atom stereocenters. The molecule has 7 nitrogen and oxygen atoms in total. The van der Waals surface area contributed by atoms with Crippen LogP contribution in [0, 0.1) is 12.7 Å². The molecule has 3 rings (SSSR count). The van der Waals surface area contributed by atoms with Gasteiger partial charge in [-0.2, -0.15) is 0 Å². The molecule has 0 aliphatic carbocycles. The molecular formula is C21H18ClFN4O3. The van der Waals surface area contributed by atoms with Crippen molar-refractivity contribution in [2.24, 2.45) is 0 Å². The second kappa shape index (κ2) is 9.23. The van der Waals surface area contributed by atoms with Crippen molar-refractivity contribution in [3.63, 3.8) is 0 Å². The number of hydrogen-bond acceptors (Lipinski definition) is 4. The van der Waals surface area contributed by atoms with E-state index in [1.807, 2.05) is 0 Å². The summed E-state index contributed by atoms with van der Waals surface area (Å²) in [6.45, 7) is 1.71. The number of nitrogens with one attached hydrogen (secondary N) is 3. The number of carbonyl (C=O) groups excluding carboxylic acids is 2. The van der Waals surface area contributed by atoms with Crippen LogP contribution in [0.2, 0.25) is 7.85 Å². The maximum absolute atomic E-state index is 14.6. The standard InChI is InChI=1S/C21H18ClFN4O3/c1-12-9-13(3-5-16(12)22)26-21(29)27-18-6-4-14(10-17(18)23)30-15-7-8-25-19(11-15)20(28)24-2/h3-11H,1-2H3,(H,24,28)(H2,26,27,29)/i/hD2. The van der Waals surface area contributed by atoms with E-state index >= 15 is 0 Å². The van der Waals surface area contributed by atoms with Gasteiger partial charge in [0.15, 0.2) is 2.82 Å². The number of halogens is 2. The average Bonchev–Trinajstić information content (AvgIpc) is 2.79. The Morgan fingerprint density at radius 1 is 1.10 bits per heavy atom. The van der Waals surface area contributed by atoms with Crippen molar-refractivity contribution in [3.8, 4) is 11.5 Å². The molecule has 0 saturated carbocycles. The van der Waals surface area contributed by atoms with Crippen LogP contribution < -0.4 is 20.7 Å². The predicted molar refractivity (Wildman–Crippen MR) is 113 cm³/mol. The number of carbonyl (C=O) groups is 2. The van der Waals surface area contributed by atoms with Crippen LogP contribution in [0.15, 0.2) is 54.7 Å². The molecule has 3 aromatic rings. The number of aryl methyl sites for hydroxylation is 1. The molecule has 3 N–H and O–H groups in total. The molecule has 0 fully saturated rings. The van der Waals surface area contributed by atoms with Gasteiger partial charge >= 0.3 is 6.03 Å². The summed E-state index contributed by atoms with van der Waals surface area (Å²) in [5.41, 5.74) is 0.581. The first-order valence-corrected chi connectivity index (χ1v) is 9.12. The van der Waals surface area contributed by atoms with E-state index in [2.05, 4.69) is 10.3 Å². The average molecular weight is 431 g/mol. The highest BCUT2D eigenvalue weighted by Crippen LogP contribution is 2.26. The van der Waals surface area contributed by atoms with Gasteiger partial charge in [0.1, 0.15) is 23.0 Å². The number of aromatic nitrogens is 1. The molecule has 0 atom stereocenters. The van der Waals surface area contributed by atoms with E-state index in [1.165, 1.54) is 55.7 Å². The summed E-state index contributed by atoms with van der Waals surface area (Å²) in [7, 11) is 1.46. The SMILES string of the molecule is [2H]N(C(=O)N([2H])c1ccc(Oc2ccnc(C(=O)NC)c2)cc1F)c1ccc(Cl)c(C)c1. The number of hydrogen-bond donors (Lipinski definition) is 3. The number of ether oxygens (including phenoxy) is 1. The molecule has 3 amide bonds. The summed E-state index contributed by atoms with van der Waals surface area (Å²) in [4.78, 5) is 28.1. The van der Waals surface area contributed by atoms with Gasteiger partial charge in [-0.15, -0.1) is 0 Å². The minimum absolute atomic E-state index is 0.0808. The summed E-state index contributed by atoms with van der Waals surface area (Å²) in [5.74, 6) is -0.986. The van der Waals surface area contributed by atoms with Crippen molar-refractivity contribution in [3.05, 3.63) is 76.8 Å². The number of urea groups is 1. The van der Waals surface area contributed by atoms with Gasteiger partial charge in [-0.05, 0) is 48.9 Å². The molecule has 0 radical (unpaired) electrons. The summed E-state index contributed by atoms with van der Waals surface area (Å²) >= 11 is 5.95. The van der Waals surface area contributed by atoms with Crippen molar-refractivity contribution in [2.75, 3.05) is 17.7 Å². The largest absolute Gasteiger partial charge is 0.457 e. The third-order valence-corrected chi connectivity index (χ3v) is 4.35. The highest BCUT2D eigenvalue weighted by molar-refractivity contribution is 6.31. The summed E-state index contributed by atoms with van der Waals surface area (Å²) < 4.78 is 36.2. The van der Waals surface area contributed by atoms with Crippen molar-refractivity contribution in [1.29, 1.82) is 0 Å². The topological polar surface area (TPSA) is 92.3 Å². The van der Waals surface area contributed by atoms with Crippen molar-refractivity contribution < 1.29 is 21.5 Å². The van der Waals surface area contributed by atoms with Gasteiger partial charge in [-0.3, -0.25) is 9.78 Å². The Morgan fingerprint density at radius 2 is 1.87 bits per heavy atom. The van der Waals surface area contributed by atoms with E-state index in [4.69, 9.17) is 19.2 Å². The lowest BCUT2D eigenvalue weighted by molar-refractivity contribution is 0.0958. The van der Waals surface area contributed by atoms with E-state index < -0.39 is 17.8 Å². The monoisotopic (exact) mass is 430 g/mol. The number of benzene rings is 2. The van der Waals surface area contributed by atoms with Crippen LogP contribution in [0.5, 0.6) is 11.5 Å². The Kier molecular flexibility index (Phi) is 5.66. The zero-order valence-corrected chi connectivity index (χ0v) is 16.8. The maximum atomic E-state index is 14.6. The zero-order valence-electron chi connectivity index (χ0n) is 18.0. The lowest BCUT2D eigenvalue weighted by atomic mass is 10.2. The molecule has 0 spiro atoms. The number of pyridine rings is 1.